The molecule has 0 fully saturated rings. The van der Waals surface area contributed by atoms with Crippen LogP contribution in [0, 0.1) is 5.41 Å². The highest BCUT2D eigenvalue weighted by atomic mass is 19.4. The maximum Gasteiger partial charge on any atom is 0.422 e. The molecule has 0 aromatic rings. The Labute approximate surface area is 84.8 Å². The molecule has 0 unspecified atom stereocenters. The van der Waals surface area contributed by atoms with Crippen molar-refractivity contribution in [3.63, 3.8) is 0 Å². The molecule has 0 amide bonds. The van der Waals surface area contributed by atoms with Gasteiger partial charge in [-0.25, -0.2) is 4.99 Å². The van der Waals surface area contributed by atoms with Crippen molar-refractivity contribution in [2.45, 2.75) is 13.1 Å². The summed E-state index contributed by atoms with van der Waals surface area (Å²) >= 11 is 0. The largest absolute Gasteiger partial charge is 0.468 e. The Morgan fingerprint density at radius 3 is 2.47 bits per heavy atom. The van der Waals surface area contributed by atoms with Crippen LogP contribution in [-0.2, 0) is 9.47 Å². The summed E-state index contributed by atoms with van der Waals surface area (Å²) in [5.41, 5.74) is 0. The fourth-order valence-electron chi connectivity index (χ4n) is 0.586. The SMILES string of the molecule is CCN=C(NC(=N)OCC(F)(F)F)OC. The number of aliphatic imine (C=N–C) groups is 1. The molecule has 8 heteroatoms. The number of amidine groups is 2. The van der Waals surface area contributed by atoms with E-state index in [1.54, 1.807) is 6.92 Å². The van der Waals surface area contributed by atoms with E-state index >= 15 is 0 Å². The average molecular weight is 227 g/mol. The summed E-state index contributed by atoms with van der Waals surface area (Å²) in [7, 11) is 1.28. The van der Waals surface area contributed by atoms with Crippen LogP contribution < -0.4 is 5.32 Å². The van der Waals surface area contributed by atoms with Crippen LogP contribution in [0.15, 0.2) is 4.99 Å². The number of rotatable bonds is 2. The summed E-state index contributed by atoms with van der Waals surface area (Å²) in [6.07, 6.45) is -4.47. The van der Waals surface area contributed by atoms with Crippen LogP contribution >= 0.6 is 0 Å². The summed E-state index contributed by atoms with van der Waals surface area (Å²) in [6, 6.07) is -0.828. The van der Waals surface area contributed by atoms with E-state index < -0.39 is 18.8 Å². The van der Waals surface area contributed by atoms with Gasteiger partial charge in [0, 0.05) is 6.54 Å². The number of methoxy groups -OCH3 is 1. The first-order valence-electron chi connectivity index (χ1n) is 4.02. The van der Waals surface area contributed by atoms with Crippen LogP contribution in [0.2, 0.25) is 0 Å². The van der Waals surface area contributed by atoms with Gasteiger partial charge in [-0.2, -0.15) is 13.2 Å². The molecule has 0 atom stereocenters. The zero-order valence-corrected chi connectivity index (χ0v) is 8.31. The molecule has 0 radical (unpaired) electrons. The number of hydrogen-bond donors (Lipinski definition) is 2. The Balaban J connectivity index is 3.98. The van der Waals surface area contributed by atoms with Crippen LogP contribution in [0.25, 0.3) is 0 Å². The number of nitrogens with zero attached hydrogens (tertiary/aromatic N) is 1. The van der Waals surface area contributed by atoms with Gasteiger partial charge in [-0.3, -0.25) is 10.7 Å². The van der Waals surface area contributed by atoms with Gasteiger partial charge in [0.1, 0.15) is 0 Å². The van der Waals surface area contributed by atoms with Crippen molar-refractivity contribution in [2.24, 2.45) is 4.99 Å². The maximum atomic E-state index is 11.7. The molecule has 0 aliphatic heterocycles. The summed E-state index contributed by atoms with van der Waals surface area (Å²) in [5, 5.41) is 9.12. The van der Waals surface area contributed by atoms with Gasteiger partial charge in [0.2, 0.25) is 0 Å². The zero-order chi connectivity index (χ0) is 11.9. The predicted octanol–water partition coefficient (Wildman–Crippen LogP) is 1.11. The number of ether oxygens (including phenoxy) is 2. The fourth-order valence-corrected chi connectivity index (χ4v) is 0.586. The Bertz CT molecular complexity index is 240. The van der Waals surface area contributed by atoms with Gasteiger partial charge in [-0.05, 0) is 6.92 Å². The van der Waals surface area contributed by atoms with E-state index in [0.29, 0.717) is 6.54 Å². The molecule has 2 N–H and O–H groups in total. The molecule has 0 aliphatic carbocycles. The first kappa shape index (κ1) is 13.5. The first-order valence-corrected chi connectivity index (χ1v) is 4.02. The molecule has 0 spiro atoms. The van der Waals surface area contributed by atoms with E-state index in [-0.39, 0.29) is 6.02 Å². The van der Waals surface area contributed by atoms with Crippen molar-refractivity contribution in [3.8, 4) is 0 Å². The predicted molar refractivity (Wildman–Crippen MR) is 47.9 cm³/mol. The Morgan fingerprint density at radius 2 is 2.07 bits per heavy atom. The molecule has 5 nitrogen and oxygen atoms in total. The van der Waals surface area contributed by atoms with E-state index in [2.05, 4.69) is 19.8 Å². The van der Waals surface area contributed by atoms with Crippen molar-refractivity contribution < 1.29 is 22.6 Å². The lowest BCUT2D eigenvalue weighted by Gasteiger charge is -2.11. The second-order valence-corrected chi connectivity index (χ2v) is 2.34. The summed E-state index contributed by atoms with van der Waals surface area (Å²) in [6.45, 7) is 0.561. The molecule has 88 valence electrons. The number of nitrogens with one attached hydrogen (secondary N) is 2. The van der Waals surface area contributed by atoms with Gasteiger partial charge in [-0.15, -0.1) is 0 Å². The summed E-state index contributed by atoms with van der Waals surface area (Å²) in [4.78, 5) is 3.71. The number of halogens is 3. The lowest BCUT2D eigenvalue weighted by molar-refractivity contribution is -0.156. The highest BCUT2D eigenvalue weighted by molar-refractivity contribution is 5.91. The fraction of sp³-hybridized carbons (Fsp3) is 0.714. The third-order valence-electron chi connectivity index (χ3n) is 1.10. The van der Waals surface area contributed by atoms with Gasteiger partial charge >= 0.3 is 6.18 Å². The molecule has 0 saturated carbocycles. The van der Waals surface area contributed by atoms with E-state index in [1.807, 2.05) is 0 Å². The van der Waals surface area contributed by atoms with Crippen LogP contribution in [0.4, 0.5) is 13.2 Å². The Hall–Kier alpha value is -1.47. The molecule has 0 saturated heterocycles. The Kier molecular flexibility index (Phi) is 5.50. The molecule has 15 heavy (non-hydrogen) atoms. The smallest absolute Gasteiger partial charge is 0.422 e. The van der Waals surface area contributed by atoms with Crippen molar-refractivity contribution in [2.75, 3.05) is 20.3 Å². The van der Waals surface area contributed by atoms with Gasteiger partial charge in [-0.1, -0.05) is 0 Å². The quantitative estimate of drug-likeness (QED) is 0.548. The zero-order valence-electron chi connectivity index (χ0n) is 8.31. The lowest BCUT2D eigenvalue weighted by atomic mass is 10.7. The van der Waals surface area contributed by atoms with Crippen molar-refractivity contribution in [1.29, 1.82) is 5.41 Å². The van der Waals surface area contributed by atoms with Crippen molar-refractivity contribution >= 4 is 12.0 Å². The van der Waals surface area contributed by atoms with E-state index in [4.69, 9.17) is 5.41 Å². The minimum Gasteiger partial charge on any atom is -0.468 e. The normalized spacial score (nSPS) is 12.2. The second-order valence-electron chi connectivity index (χ2n) is 2.34. The number of hydrogen-bond acceptors (Lipinski definition) is 4. The highest BCUT2D eigenvalue weighted by Crippen LogP contribution is 2.14. The van der Waals surface area contributed by atoms with Crippen molar-refractivity contribution in [1.82, 2.24) is 5.32 Å². The van der Waals surface area contributed by atoms with E-state index in [9.17, 15) is 13.2 Å². The van der Waals surface area contributed by atoms with Crippen LogP contribution in [0.1, 0.15) is 6.92 Å². The summed E-state index contributed by atoms with van der Waals surface area (Å²) in [5.74, 6) is 0. The maximum absolute atomic E-state index is 11.7. The summed E-state index contributed by atoms with van der Waals surface area (Å²) < 4.78 is 43.7. The monoisotopic (exact) mass is 227 g/mol. The molecule has 0 aliphatic rings. The third-order valence-corrected chi connectivity index (χ3v) is 1.10. The van der Waals surface area contributed by atoms with E-state index in [0.717, 1.165) is 0 Å². The Morgan fingerprint density at radius 1 is 1.47 bits per heavy atom. The molecule has 0 bridgehead atoms. The van der Waals surface area contributed by atoms with Crippen LogP contribution in [0.3, 0.4) is 0 Å². The molecule has 0 aromatic heterocycles. The van der Waals surface area contributed by atoms with Gasteiger partial charge < -0.3 is 9.47 Å². The minimum atomic E-state index is -4.47. The third kappa shape index (κ3) is 7.59. The number of alkyl halides is 3. The lowest BCUT2D eigenvalue weighted by Crippen LogP contribution is -2.35. The topological polar surface area (TPSA) is 66.7 Å². The molecule has 0 aromatic carbocycles. The molecule has 0 rings (SSSR count). The second kappa shape index (κ2) is 6.10. The van der Waals surface area contributed by atoms with Crippen LogP contribution in [0.5, 0.6) is 0 Å². The average Bonchev–Trinajstić information content (AvgIpc) is 2.13. The molecular weight excluding hydrogens is 215 g/mol. The molecular formula is C7H12F3N3O2. The van der Waals surface area contributed by atoms with Crippen molar-refractivity contribution in [3.05, 3.63) is 0 Å². The standard InChI is InChI=1S/C7H12F3N3O2/c1-3-12-6(14-2)13-5(11)15-4-7(8,9)10/h3-4H2,1-2H3,(H2,11,12,13). The van der Waals surface area contributed by atoms with E-state index in [1.165, 1.54) is 7.11 Å². The molecule has 0 heterocycles. The minimum absolute atomic E-state index is 0.0651. The van der Waals surface area contributed by atoms with Crippen LogP contribution in [-0.4, -0.2) is 38.5 Å². The van der Waals surface area contributed by atoms with Gasteiger partial charge in [0.15, 0.2) is 6.61 Å². The van der Waals surface area contributed by atoms with Gasteiger partial charge in [0.25, 0.3) is 12.0 Å². The van der Waals surface area contributed by atoms with Gasteiger partial charge in [0.05, 0.1) is 7.11 Å². The highest BCUT2D eigenvalue weighted by Gasteiger charge is 2.29. The first-order chi connectivity index (χ1) is 6.89.